The summed E-state index contributed by atoms with van der Waals surface area (Å²) < 4.78 is 125. The third kappa shape index (κ3) is 17.3. The van der Waals surface area contributed by atoms with Crippen LogP contribution in [0.2, 0.25) is 0 Å². The zero-order valence-corrected chi connectivity index (χ0v) is 43.4. The number of sulfonamides is 1. The van der Waals surface area contributed by atoms with Crippen molar-refractivity contribution in [2.75, 3.05) is 68.3 Å². The van der Waals surface area contributed by atoms with E-state index in [0.29, 0.717) is 63.7 Å². The van der Waals surface area contributed by atoms with Crippen molar-refractivity contribution in [1.29, 1.82) is 0 Å². The molecular weight excluding hydrogens is 984 g/mol. The molecule has 0 aromatic heterocycles. The summed E-state index contributed by atoms with van der Waals surface area (Å²) in [6.45, 7) is 15.4. The summed E-state index contributed by atoms with van der Waals surface area (Å²) in [5, 5.41) is 3.00. The number of nitrogens with two attached hydrogens (primary N) is 1. The number of rotatable bonds is 27. The van der Waals surface area contributed by atoms with Crippen molar-refractivity contribution in [3.05, 3.63) is 102 Å². The van der Waals surface area contributed by atoms with Gasteiger partial charge in [-0.2, -0.15) is 13.2 Å². The average molecular weight is 1050 g/mol. The van der Waals surface area contributed by atoms with Crippen LogP contribution in [0, 0.1) is 5.41 Å². The van der Waals surface area contributed by atoms with E-state index in [9.17, 15) is 48.4 Å². The summed E-state index contributed by atoms with van der Waals surface area (Å²) >= 11 is 1.43. The maximum atomic E-state index is 14.3. The Morgan fingerprint density at radius 1 is 0.887 bits per heavy atom. The third-order valence-corrected chi connectivity index (χ3v) is 17.2. The molecule has 392 valence electrons. The van der Waals surface area contributed by atoms with E-state index in [1.54, 1.807) is 12.1 Å². The van der Waals surface area contributed by atoms with Gasteiger partial charge in [-0.05, 0) is 130 Å². The number of alkyl halides is 5. The van der Waals surface area contributed by atoms with Crippen molar-refractivity contribution < 1.29 is 48.4 Å². The van der Waals surface area contributed by atoms with Gasteiger partial charge in [-0.3, -0.25) is 14.5 Å². The van der Waals surface area contributed by atoms with E-state index in [4.69, 9.17) is 5.73 Å². The number of hydrogen-bond acceptors (Lipinski definition) is 11. The van der Waals surface area contributed by atoms with Gasteiger partial charge in [-0.25, -0.2) is 30.3 Å². The van der Waals surface area contributed by atoms with Gasteiger partial charge in [0, 0.05) is 73.6 Å². The Morgan fingerprint density at radius 2 is 1.56 bits per heavy atom. The van der Waals surface area contributed by atoms with Crippen molar-refractivity contribution in [2.45, 2.75) is 124 Å². The molecule has 1 aliphatic carbocycles. The summed E-state index contributed by atoms with van der Waals surface area (Å²) in [7, 11) is -11.0. The molecule has 0 bridgehead atoms. The van der Waals surface area contributed by atoms with Gasteiger partial charge in [0.1, 0.15) is 4.90 Å². The van der Waals surface area contributed by atoms with Crippen LogP contribution in [0.25, 0.3) is 0 Å². The first-order valence-electron chi connectivity index (χ1n) is 24.2. The molecule has 0 radical (unpaired) electrons. The van der Waals surface area contributed by atoms with E-state index in [2.05, 4.69) is 40.4 Å². The average Bonchev–Trinajstić information content (AvgIpc) is 3.32. The lowest BCUT2D eigenvalue weighted by atomic mass is 9.73. The van der Waals surface area contributed by atoms with Crippen LogP contribution in [0.15, 0.2) is 111 Å². The van der Waals surface area contributed by atoms with Crippen molar-refractivity contribution in [3.63, 3.8) is 0 Å². The number of hydrogen-bond donors (Lipinski definition) is 3. The number of nitrogens with zero attached hydrogens (tertiary/aromatic N) is 3. The number of amides is 2. The summed E-state index contributed by atoms with van der Waals surface area (Å²) in [6.07, 6.45) is 5.10. The Bertz CT molecular complexity index is 2520. The van der Waals surface area contributed by atoms with Gasteiger partial charge in [0.15, 0.2) is 0 Å². The Labute approximate surface area is 421 Å². The highest BCUT2D eigenvalue weighted by molar-refractivity contribution is 7.99. The summed E-state index contributed by atoms with van der Waals surface area (Å²) in [5.41, 5.74) is 2.37. The number of sulfone groups is 1. The fourth-order valence-electron chi connectivity index (χ4n) is 8.85. The van der Waals surface area contributed by atoms with Crippen LogP contribution in [-0.4, -0.2) is 115 Å². The third-order valence-electron chi connectivity index (χ3n) is 13.2. The molecule has 1 saturated heterocycles. The molecule has 0 saturated carbocycles. The number of allylic oxidation sites excluding steroid dienone is 2. The maximum Gasteiger partial charge on any atom is 0.501 e. The van der Waals surface area contributed by atoms with E-state index in [0.717, 1.165) is 87.4 Å². The monoisotopic (exact) mass is 1050 g/mol. The molecule has 3 aromatic carbocycles. The maximum absolute atomic E-state index is 14.3. The highest BCUT2D eigenvalue weighted by Crippen LogP contribution is 2.41. The van der Waals surface area contributed by atoms with Crippen LogP contribution in [0.5, 0.6) is 0 Å². The highest BCUT2D eigenvalue weighted by Gasteiger charge is 2.48. The lowest BCUT2D eigenvalue weighted by Gasteiger charge is -2.39. The second-order valence-corrected chi connectivity index (χ2v) is 23.9. The molecule has 2 aliphatic rings. The zero-order valence-electron chi connectivity index (χ0n) is 40.9. The first kappa shape index (κ1) is 57.4. The Morgan fingerprint density at radius 3 is 2.20 bits per heavy atom. The lowest BCUT2D eigenvalue weighted by Crippen LogP contribution is -2.47. The number of carbonyl (C=O) groups excluding carboxylic acids is 2. The molecule has 0 spiro atoms. The molecule has 1 aliphatic heterocycles. The number of carbonyl (C=O) groups is 2. The number of piperazine rings is 1. The van der Waals surface area contributed by atoms with E-state index >= 15 is 0 Å². The van der Waals surface area contributed by atoms with Crippen LogP contribution in [0.3, 0.4) is 0 Å². The fourth-order valence-corrected chi connectivity index (χ4v) is 11.9. The van der Waals surface area contributed by atoms with Gasteiger partial charge in [0.2, 0.25) is 5.91 Å². The molecule has 1 heterocycles. The molecule has 12 nitrogen and oxygen atoms in total. The number of nitrogens with one attached hydrogen (secondary N) is 2. The van der Waals surface area contributed by atoms with Crippen LogP contribution in [0.1, 0.15) is 102 Å². The van der Waals surface area contributed by atoms with E-state index < -0.39 is 59.2 Å². The number of anilines is 2. The number of primary amides is 1. The van der Waals surface area contributed by atoms with Crippen molar-refractivity contribution in [1.82, 2.24) is 14.5 Å². The largest absolute Gasteiger partial charge is 0.501 e. The second kappa shape index (κ2) is 25.9. The van der Waals surface area contributed by atoms with Crippen LogP contribution < -0.4 is 20.7 Å². The first-order valence-corrected chi connectivity index (χ1v) is 28.1. The van der Waals surface area contributed by atoms with E-state index in [-0.39, 0.29) is 28.9 Å². The fraction of sp³-hybridized carbons (Fsp3) is 0.529. The van der Waals surface area contributed by atoms with Crippen LogP contribution in [0.4, 0.5) is 33.3 Å². The molecule has 1 fully saturated rings. The molecular formula is C51H69F5N6O6S3. The second-order valence-electron chi connectivity index (χ2n) is 19.2. The molecule has 71 heavy (non-hydrogen) atoms. The Balaban J connectivity index is 1.26. The molecule has 5 rings (SSSR count). The SMILES string of the molecule is C=C(CCC1=C(CN2CCN(c3ccc(C(=O)NS(=O)(=O)c4ccc(N[C@H](CCN(CC)CCCCCCC(N)=O)CSc5ccccc5)c(S(=O)(=O)C(F)(F)F)c4)cc3)CC2)CCC(C)(C)C1)C(F)F. The predicted octanol–water partition coefficient (Wildman–Crippen LogP) is 10.0. The molecule has 20 heteroatoms. The number of thioether (sulfide) groups is 1. The molecule has 4 N–H and O–H groups in total. The summed E-state index contributed by atoms with van der Waals surface area (Å²) in [6, 6.07) is 17.3. The lowest BCUT2D eigenvalue weighted by molar-refractivity contribution is -0.118. The van der Waals surface area contributed by atoms with E-state index in [1.807, 2.05) is 42.0 Å². The van der Waals surface area contributed by atoms with Gasteiger partial charge in [0.05, 0.1) is 10.6 Å². The zero-order chi connectivity index (χ0) is 52.0. The highest BCUT2D eigenvalue weighted by atomic mass is 32.2. The number of halogens is 5. The van der Waals surface area contributed by atoms with Crippen molar-refractivity contribution in [3.8, 4) is 0 Å². The van der Waals surface area contributed by atoms with E-state index in [1.165, 1.54) is 35.0 Å². The van der Waals surface area contributed by atoms with Gasteiger partial charge >= 0.3 is 5.51 Å². The molecule has 0 unspecified atom stereocenters. The molecule has 1 atom stereocenters. The molecule has 3 aromatic rings. The van der Waals surface area contributed by atoms with Gasteiger partial charge < -0.3 is 20.9 Å². The minimum Gasteiger partial charge on any atom is -0.380 e. The normalized spacial score (nSPS) is 16.3. The first-order chi connectivity index (χ1) is 33.5. The quantitative estimate of drug-likeness (QED) is 0.0288. The van der Waals surface area contributed by atoms with Gasteiger partial charge in [-0.15, -0.1) is 11.8 Å². The smallest absolute Gasteiger partial charge is 0.380 e. The van der Waals surface area contributed by atoms with Crippen molar-refractivity contribution in [2.24, 2.45) is 11.1 Å². The predicted molar refractivity (Wildman–Crippen MR) is 272 cm³/mol. The standard InChI is InChI=1S/C51H69F5N6O6S3/c1-5-60(27-12-7-6-11-15-47(57)63)28-25-41(36-69-43-13-9-8-10-14-43)58-45-23-22-44(33-46(45)70(65,66)51(54,55)56)71(67,68)59-49(64)38-18-20-42(21-19-38)62-31-29-61(30-32-62)35-40-24-26-50(3,4)34-39(40)17-16-37(2)48(52)53/h8-10,13-14,18-23,33,41,48,58H,2,5-7,11-12,15-17,24-32,34-36H2,1,3-4H3,(H2,57,63)(H,59,64)/t41-/m1/s1. The minimum absolute atomic E-state index is 0.0440. The van der Waals surface area contributed by atoms with Crippen LogP contribution >= 0.6 is 11.8 Å². The van der Waals surface area contributed by atoms with Gasteiger partial charge in [0.25, 0.3) is 32.2 Å². The summed E-state index contributed by atoms with van der Waals surface area (Å²) in [4.78, 5) is 29.8. The van der Waals surface area contributed by atoms with Crippen LogP contribution in [-0.2, 0) is 24.7 Å². The summed E-state index contributed by atoms with van der Waals surface area (Å²) in [5.74, 6) is -1.08. The van der Waals surface area contributed by atoms with Gasteiger partial charge in [-0.1, -0.05) is 69.5 Å². The Hall–Kier alpha value is -4.50. The number of benzene rings is 3. The molecule has 2 amide bonds. The topological polar surface area (TPSA) is 162 Å². The Kier molecular flexibility index (Phi) is 21.0. The minimum atomic E-state index is -6.11. The number of unbranched alkanes of at least 4 members (excludes halogenated alkanes) is 3. The van der Waals surface area contributed by atoms with Crippen molar-refractivity contribution >= 4 is 54.8 Å².